The van der Waals surface area contributed by atoms with Gasteiger partial charge >= 0.3 is 0 Å². The maximum atomic E-state index is 5.69. The molecular formula is C12H19BrN4. The molecule has 0 saturated carbocycles. The number of anilines is 2. The van der Waals surface area contributed by atoms with Crippen LogP contribution in [0.5, 0.6) is 0 Å². The highest BCUT2D eigenvalue weighted by molar-refractivity contribution is 9.10. The summed E-state index contributed by atoms with van der Waals surface area (Å²) >= 11 is 3.53. The Morgan fingerprint density at radius 3 is 3.06 bits per heavy atom. The van der Waals surface area contributed by atoms with Gasteiger partial charge in [-0.3, -0.25) is 0 Å². The maximum Gasteiger partial charge on any atom is 0.222 e. The molecule has 1 aromatic rings. The highest BCUT2D eigenvalue weighted by Crippen LogP contribution is 2.30. The first-order valence-electron chi connectivity index (χ1n) is 6.27. The van der Waals surface area contributed by atoms with E-state index in [-0.39, 0.29) is 0 Å². The van der Waals surface area contributed by atoms with Crippen molar-refractivity contribution in [1.29, 1.82) is 0 Å². The maximum absolute atomic E-state index is 5.69. The van der Waals surface area contributed by atoms with Crippen LogP contribution in [0.2, 0.25) is 0 Å². The molecule has 0 aromatic carbocycles. The van der Waals surface area contributed by atoms with Crippen molar-refractivity contribution in [3.8, 4) is 0 Å². The molecule has 1 atom stereocenters. The van der Waals surface area contributed by atoms with E-state index in [9.17, 15) is 0 Å². The van der Waals surface area contributed by atoms with E-state index < -0.39 is 0 Å². The highest BCUT2D eigenvalue weighted by Gasteiger charge is 2.22. The van der Waals surface area contributed by atoms with Gasteiger partial charge in [0, 0.05) is 18.8 Å². The Bertz CT molecular complexity index is 383. The average molecular weight is 299 g/mol. The molecule has 0 radical (unpaired) electrons. The molecule has 0 amide bonds. The quantitative estimate of drug-likeness (QED) is 0.912. The molecule has 17 heavy (non-hydrogen) atoms. The van der Waals surface area contributed by atoms with Crippen LogP contribution in [-0.4, -0.2) is 22.6 Å². The van der Waals surface area contributed by atoms with Gasteiger partial charge in [-0.05, 0) is 35.2 Å². The number of aromatic nitrogens is 2. The SMILES string of the molecule is CCC1CCCCCN1c1nc(N)ncc1Br. The fourth-order valence-corrected chi connectivity index (χ4v) is 2.87. The molecule has 0 aliphatic carbocycles. The van der Waals surface area contributed by atoms with Gasteiger partial charge in [0.15, 0.2) is 0 Å². The van der Waals surface area contributed by atoms with E-state index in [0.717, 1.165) is 23.3 Å². The molecule has 0 spiro atoms. The zero-order valence-corrected chi connectivity index (χ0v) is 11.8. The van der Waals surface area contributed by atoms with Gasteiger partial charge < -0.3 is 10.6 Å². The van der Waals surface area contributed by atoms with Gasteiger partial charge in [-0.25, -0.2) is 4.98 Å². The molecule has 1 aliphatic rings. The lowest BCUT2D eigenvalue weighted by atomic mass is 10.1. The Labute approximate surface area is 111 Å². The van der Waals surface area contributed by atoms with Crippen LogP contribution in [0, 0.1) is 0 Å². The van der Waals surface area contributed by atoms with Gasteiger partial charge in [0.1, 0.15) is 5.82 Å². The van der Waals surface area contributed by atoms with Gasteiger partial charge in [-0.15, -0.1) is 0 Å². The first-order valence-corrected chi connectivity index (χ1v) is 7.06. The lowest BCUT2D eigenvalue weighted by Gasteiger charge is -2.31. The third-order valence-electron chi connectivity index (χ3n) is 3.36. The summed E-state index contributed by atoms with van der Waals surface area (Å²) in [5.74, 6) is 1.30. The molecule has 2 rings (SSSR count). The van der Waals surface area contributed by atoms with Crippen molar-refractivity contribution < 1.29 is 0 Å². The second-order valence-electron chi connectivity index (χ2n) is 4.50. The highest BCUT2D eigenvalue weighted by atomic mass is 79.9. The van der Waals surface area contributed by atoms with Crippen molar-refractivity contribution in [3.63, 3.8) is 0 Å². The number of nitrogens with zero attached hydrogens (tertiary/aromatic N) is 3. The Kier molecular flexibility index (Phi) is 4.20. The van der Waals surface area contributed by atoms with E-state index in [4.69, 9.17) is 5.73 Å². The van der Waals surface area contributed by atoms with E-state index >= 15 is 0 Å². The summed E-state index contributed by atoms with van der Waals surface area (Å²) in [5, 5.41) is 0. The third-order valence-corrected chi connectivity index (χ3v) is 3.92. The van der Waals surface area contributed by atoms with Crippen LogP contribution >= 0.6 is 15.9 Å². The number of halogens is 1. The van der Waals surface area contributed by atoms with Gasteiger partial charge in [-0.1, -0.05) is 19.8 Å². The van der Waals surface area contributed by atoms with Gasteiger partial charge in [-0.2, -0.15) is 4.98 Å². The lowest BCUT2D eigenvalue weighted by molar-refractivity contribution is 0.551. The topological polar surface area (TPSA) is 55.0 Å². The zero-order valence-electron chi connectivity index (χ0n) is 10.2. The molecule has 0 bridgehead atoms. The van der Waals surface area contributed by atoms with E-state index in [1.165, 1.54) is 25.7 Å². The van der Waals surface area contributed by atoms with Crippen molar-refractivity contribution in [2.24, 2.45) is 0 Å². The molecular weight excluding hydrogens is 280 g/mol. The van der Waals surface area contributed by atoms with Crippen molar-refractivity contribution in [2.75, 3.05) is 17.2 Å². The van der Waals surface area contributed by atoms with E-state index in [1.54, 1.807) is 6.20 Å². The Morgan fingerprint density at radius 1 is 1.47 bits per heavy atom. The molecule has 5 heteroatoms. The van der Waals surface area contributed by atoms with Crippen LogP contribution in [0.3, 0.4) is 0 Å². The minimum atomic E-state index is 0.349. The van der Waals surface area contributed by atoms with Gasteiger partial charge in [0.05, 0.1) is 4.47 Å². The van der Waals surface area contributed by atoms with Crippen LogP contribution in [0.4, 0.5) is 11.8 Å². The molecule has 1 unspecified atom stereocenters. The Balaban J connectivity index is 2.31. The minimum absolute atomic E-state index is 0.349. The molecule has 4 nitrogen and oxygen atoms in total. The summed E-state index contributed by atoms with van der Waals surface area (Å²) in [5.41, 5.74) is 5.69. The lowest BCUT2D eigenvalue weighted by Crippen LogP contribution is -2.35. The largest absolute Gasteiger partial charge is 0.368 e. The number of nitrogens with two attached hydrogens (primary N) is 1. The minimum Gasteiger partial charge on any atom is -0.368 e. The summed E-state index contributed by atoms with van der Waals surface area (Å²) in [4.78, 5) is 10.8. The number of hydrogen-bond donors (Lipinski definition) is 1. The van der Waals surface area contributed by atoms with Gasteiger partial charge in [0.25, 0.3) is 0 Å². The van der Waals surface area contributed by atoms with Crippen molar-refractivity contribution in [3.05, 3.63) is 10.7 Å². The van der Waals surface area contributed by atoms with E-state index in [0.29, 0.717) is 12.0 Å². The normalized spacial score (nSPS) is 21.3. The Morgan fingerprint density at radius 2 is 2.29 bits per heavy atom. The fraction of sp³-hybridized carbons (Fsp3) is 0.667. The second-order valence-corrected chi connectivity index (χ2v) is 5.36. The predicted octanol–water partition coefficient (Wildman–Crippen LogP) is 2.98. The van der Waals surface area contributed by atoms with Gasteiger partial charge in [0.2, 0.25) is 5.95 Å². The molecule has 1 aliphatic heterocycles. The molecule has 1 fully saturated rings. The standard InChI is InChI=1S/C12H19BrN4/c1-2-9-6-4-3-5-7-17(9)11-10(13)8-15-12(14)16-11/h8-9H,2-7H2,1H3,(H2,14,15,16). The average Bonchev–Trinajstić information content (AvgIpc) is 2.57. The first kappa shape index (κ1) is 12.6. The molecule has 94 valence electrons. The summed E-state index contributed by atoms with van der Waals surface area (Å²) in [6.07, 6.45) is 7.99. The zero-order chi connectivity index (χ0) is 12.3. The summed E-state index contributed by atoms with van der Waals surface area (Å²) in [7, 11) is 0. The fourth-order valence-electron chi connectivity index (χ4n) is 2.45. The van der Waals surface area contributed by atoms with Crippen molar-refractivity contribution in [2.45, 2.75) is 45.1 Å². The number of hydrogen-bond acceptors (Lipinski definition) is 4. The van der Waals surface area contributed by atoms with E-state index in [1.807, 2.05) is 0 Å². The first-order chi connectivity index (χ1) is 8.22. The van der Waals surface area contributed by atoms with E-state index in [2.05, 4.69) is 37.7 Å². The second kappa shape index (κ2) is 5.67. The summed E-state index contributed by atoms with van der Waals surface area (Å²) in [6.45, 7) is 3.30. The Hall–Kier alpha value is -0.840. The summed E-state index contributed by atoms with van der Waals surface area (Å²) in [6, 6.07) is 0.572. The van der Waals surface area contributed by atoms with Crippen LogP contribution < -0.4 is 10.6 Å². The molecule has 1 saturated heterocycles. The van der Waals surface area contributed by atoms with Crippen molar-refractivity contribution >= 4 is 27.7 Å². The van der Waals surface area contributed by atoms with Crippen LogP contribution in [0.15, 0.2) is 10.7 Å². The number of rotatable bonds is 2. The molecule has 1 aromatic heterocycles. The van der Waals surface area contributed by atoms with Crippen LogP contribution in [0.25, 0.3) is 0 Å². The third kappa shape index (κ3) is 2.89. The summed E-state index contributed by atoms with van der Waals surface area (Å²) < 4.78 is 0.937. The monoisotopic (exact) mass is 298 g/mol. The smallest absolute Gasteiger partial charge is 0.222 e. The molecule has 2 N–H and O–H groups in total. The van der Waals surface area contributed by atoms with Crippen LogP contribution in [-0.2, 0) is 0 Å². The molecule has 2 heterocycles. The predicted molar refractivity (Wildman–Crippen MR) is 74.0 cm³/mol. The van der Waals surface area contributed by atoms with Crippen molar-refractivity contribution in [1.82, 2.24) is 9.97 Å². The van der Waals surface area contributed by atoms with Crippen LogP contribution in [0.1, 0.15) is 39.0 Å². The number of nitrogen functional groups attached to an aromatic ring is 1.